The van der Waals surface area contributed by atoms with Gasteiger partial charge >= 0.3 is 6.18 Å². The number of halogens is 3. The fourth-order valence-corrected chi connectivity index (χ4v) is 2.86. The number of alkyl halides is 3. The third-order valence-corrected chi connectivity index (χ3v) is 4.33. The Morgan fingerprint density at radius 3 is 2.74 bits per heavy atom. The lowest BCUT2D eigenvalue weighted by Gasteiger charge is -2.28. The summed E-state index contributed by atoms with van der Waals surface area (Å²) in [6.45, 7) is 0.668. The van der Waals surface area contributed by atoms with Crippen molar-refractivity contribution >= 4 is 29.0 Å². The lowest BCUT2D eigenvalue weighted by molar-refractivity contribution is -0.137. The maximum atomic E-state index is 13.2. The molecular formula is C17H16F3N5O2. The Labute approximate surface area is 152 Å². The van der Waals surface area contributed by atoms with Gasteiger partial charge in [-0.3, -0.25) is 4.79 Å². The summed E-state index contributed by atoms with van der Waals surface area (Å²) in [5, 5.41) is 8.44. The van der Waals surface area contributed by atoms with Gasteiger partial charge in [0.05, 0.1) is 19.3 Å². The minimum Gasteiger partial charge on any atom is -0.377 e. The molecule has 0 aliphatic carbocycles. The fraction of sp³-hybridized carbons (Fsp3) is 0.353. The van der Waals surface area contributed by atoms with E-state index in [1.54, 1.807) is 12.1 Å². The Hall–Kier alpha value is -2.88. The van der Waals surface area contributed by atoms with Crippen LogP contribution < -0.4 is 16.0 Å². The number of aryl methyl sites for hydroxylation is 1. The monoisotopic (exact) mass is 379 g/mol. The van der Waals surface area contributed by atoms with Crippen molar-refractivity contribution < 1.29 is 22.7 Å². The maximum absolute atomic E-state index is 13.2. The van der Waals surface area contributed by atoms with Crippen molar-refractivity contribution in [3.63, 3.8) is 0 Å². The number of carbonyl (C=O) groups excluding carboxylic acids is 1. The SMILES string of the molecule is O=C1CCc2cc(Nc3ncc(C(F)(F)F)c(NC4COC4)n3)ccc2N1. The molecular weight excluding hydrogens is 363 g/mol. The van der Waals surface area contributed by atoms with Crippen LogP contribution in [0.4, 0.5) is 36.3 Å². The number of aromatic nitrogens is 2. The van der Waals surface area contributed by atoms with Gasteiger partial charge < -0.3 is 20.7 Å². The highest BCUT2D eigenvalue weighted by atomic mass is 19.4. The van der Waals surface area contributed by atoms with Crippen LogP contribution in [0.1, 0.15) is 17.5 Å². The average molecular weight is 379 g/mol. The summed E-state index contributed by atoms with van der Waals surface area (Å²) in [7, 11) is 0. The van der Waals surface area contributed by atoms with E-state index in [0.717, 1.165) is 17.4 Å². The number of fused-ring (bicyclic) bond motifs is 1. The van der Waals surface area contributed by atoms with Crippen LogP contribution in [0.5, 0.6) is 0 Å². The van der Waals surface area contributed by atoms with Crippen LogP contribution in [0.25, 0.3) is 0 Å². The number of rotatable bonds is 4. The van der Waals surface area contributed by atoms with Gasteiger partial charge in [0.25, 0.3) is 0 Å². The zero-order valence-corrected chi connectivity index (χ0v) is 14.1. The van der Waals surface area contributed by atoms with E-state index in [0.29, 0.717) is 31.7 Å². The van der Waals surface area contributed by atoms with Gasteiger partial charge in [0, 0.05) is 24.0 Å². The zero-order valence-electron chi connectivity index (χ0n) is 14.1. The summed E-state index contributed by atoms with van der Waals surface area (Å²) in [5.41, 5.74) is 1.38. The molecule has 0 radical (unpaired) electrons. The van der Waals surface area contributed by atoms with Crippen molar-refractivity contribution in [1.29, 1.82) is 0 Å². The summed E-state index contributed by atoms with van der Waals surface area (Å²) in [4.78, 5) is 19.2. The number of hydrogen-bond acceptors (Lipinski definition) is 6. The number of anilines is 4. The number of nitrogens with zero attached hydrogens (tertiary/aromatic N) is 2. The van der Waals surface area contributed by atoms with Gasteiger partial charge in [0.1, 0.15) is 11.4 Å². The van der Waals surface area contributed by atoms with Crippen molar-refractivity contribution in [2.75, 3.05) is 29.2 Å². The molecule has 2 aromatic rings. The smallest absolute Gasteiger partial charge is 0.377 e. The number of nitrogens with one attached hydrogen (secondary N) is 3. The molecule has 3 N–H and O–H groups in total. The van der Waals surface area contributed by atoms with Gasteiger partial charge in [0.15, 0.2) is 0 Å². The van der Waals surface area contributed by atoms with Crippen molar-refractivity contribution in [3.8, 4) is 0 Å². The van der Waals surface area contributed by atoms with Crippen LogP contribution in [0.15, 0.2) is 24.4 Å². The molecule has 0 bridgehead atoms. The molecule has 0 saturated carbocycles. The van der Waals surface area contributed by atoms with E-state index in [-0.39, 0.29) is 23.7 Å². The van der Waals surface area contributed by atoms with E-state index in [1.165, 1.54) is 0 Å². The second-order valence-corrected chi connectivity index (χ2v) is 6.38. The van der Waals surface area contributed by atoms with Gasteiger partial charge in [0.2, 0.25) is 11.9 Å². The topological polar surface area (TPSA) is 88.2 Å². The van der Waals surface area contributed by atoms with E-state index < -0.39 is 11.7 Å². The van der Waals surface area contributed by atoms with Crippen LogP contribution in [-0.2, 0) is 22.1 Å². The van der Waals surface area contributed by atoms with E-state index >= 15 is 0 Å². The molecule has 1 fully saturated rings. The summed E-state index contributed by atoms with van der Waals surface area (Å²) < 4.78 is 44.6. The van der Waals surface area contributed by atoms with Crippen LogP contribution in [0.3, 0.4) is 0 Å². The Kier molecular flexibility index (Phi) is 4.34. The predicted octanol–water partition coefficient (Wildman–Crippen LogP) is 2.93. The first-order valence-electron chi connectivity index (χ1n) is 8.37. The highest BCUT2D eigenvalue weighted by Gasteiger charge is 2.36. The minimum atomic E-state index is -4.56. The Balaban J connectivity index is 1.58. The van der Waals surface area contributed by atoms with E-state index in [2.05, 4.69) is 25.9 Å². The normalized spacial score (nSPS) is 16.9. The molecule has 10 heteroatoms. The lowest BCUT2D eigenvalue weighted by atomic mass is 10.0. The van der Waals surface area contributed by atoms with E-state index in [9.17, 15) is 18.0 Å². The Morgan fingerprint density at radius 2 is 2.04 bits per heavy atom. The quantitative estimate of drug-likeness (QED) is 0.757. The zero-order chi connectivity index (χ0) is 19.0. The van der Waals surface area contributed by atoms with Crippen molar-refractivity contribution in [3.05, 3.63) is 35.5 Å². The third-order valence-electron chi connectivity index (χ3n) is 4.33. The summed E-state index contributed by atoms with van der Waals surface area (Å²) in [5.74, 6) is -0.269. The molecule has 1 amide bonds. The fourth-order valence-electron chi connectivity index (χ4n) is 2.86. The molecule has 7 nitrogen and oxygen atoms in total. The Bertz CT molecular complexity index is 883. The first-order valence-corrected chi connectivity index (χ1v) is 8.37. The van der Waals surface area contributed by atoms with Crippen LogP contribution >= 0.6 is 0 Å². The van der Waals surface area contributed by atoms with Crippen molar-refractivity contribution in [2.24, 2.45) is 0 Å². The molecule has 1 aromatic carbocycles. The molecule has 2 aliphatic heterocycles. The molecule has 3 heterocycles. The van der Waals surface area contributed by atoms with Crippen LogP contribution in [-0.4, -0.2) is 35.1 Å². The number of carbonyl (C=O) groups is 1. The first kappa shape index (κ1) is 17.5. The lowest BCUT2D eigenvalue weighted by Crippen LogP contribution is -2.41. The number of benzene rings is 1. The predicted molar refractivity (Wildman–Crippen MR) is 91.9 cm³/mol. The van der Waals surface area contributed by atoms with E-state index in [4.69, 9.17) is 4.74 Å². The standard InChI is InChI=1S/C17H16F3N5O2/c18-17(19,20)12-6-21-16(25-15(12)22-11-7-27-8-11)23-10-2-3-13-9(5-10)1-4-14(26)24-13/h2-3,5-6,11H,1,4,7-8H2,(H,24,26)(H2,21,22,23,25). The number of amides is 1. The van der Waals surface area contributed by atoms with Crippen molar-refractivity contribution in [2.45, 2.75) is 25.1 Å². The number of hydrogen-bond donors (Lipinski definition) is 3. The third kappa shape index (κ3) is 3.80. The average Bonchev–Trinajstić information content (AvgIpc) is 2.57. The van der Waals surface area contributed by atoms with Crippen LogP contribution in [0, 0.1) is 0 Å². The molecule has 4 rings (SSSR count). The molecule has 1 saturated heterocycles. The van der Waals surface area contributed by atoms with Gasteiger partial charge in [-0.05, 0) is 30.2 Å². The molecule has 142 valence electrons. The van der Waals surface area contributed by atoms with Gasteiger partial charge in [-0.1, -0.05) is 0 Å². The molecule has 0 atom stereocenters. The highest BCUT2D eigenvalue weighted by Crippen LogP contribution is 2.35. The molecule has 0 spiro atoms. The first-order chi connectivity index (χ1) is 12.9. The van der Waals surface area contributed by atoms with Gasteiger partial charge in [-0.2, -0.15) is 18.2 Å². The van der Waals surface area contributed by atoms with Crippen molar-refractivity contribution in [1.82, 2.24) is 9.97 Å². The van der Waals surface area contributed by atoms with Gasteiger partial charge in [-0.25, -0.2) is 4.98 Å². The molecule has 1 aromatic heterocycles. The van der Waals surface area contributed by atoms with Gasteiger partial charge in [-0.15, -0.1) is 0 Å². The Morgan fingerprint density at radius 1 is 1.22 bits per heavy atom. The second-order valence-electron chi connectivity index (χ2n) is 6.38. The van der Waals surface area contributed by atoms with Crippen LogP contribution in [0.2, 0.25) is 0 Å². The summed E-state index contributed by atoms with van der Waals surface area (Å²) in [6, 6.07) is 5.06. The number of ether oxygens (including phenoxy) is 1. The second kappa shape index (κ2) is 6.69. The summed E-state index contributed by atoms with van der Waals surface area (Å²) in [6.07, 6.45) is -2.81. The molecule has 27 heavy (non-hydrogen) atoms. The maximum Gasteiger partial charge on any atom is 0.421 e. The highest BCUT2D eigenvalue weighted by molar-refractivity contribution is 5.94. The molecule has 0 unspecified atom stereocenters. The summed E-state index contributed by atoms with van der Waals surface area (Å²) >= 11 is 0. The van der Waals surface area contributed by atoms with E-state index in [1.807, 2.05) is 6.07 Å². The minimum absolute atomic E-state index is 0.0371. The largest absolute Gasteiger partial charge is 0.421 e. The molecule has 2 aliphatic rings.